The summed E-state index contributed by atoms with van der Waals surface area (Å²) in [6, 6.07) is 3.27. The Bertz CT molecular complexity index is 776. The van der Waals surface area contributed by atoms with Gasteiger partial charge in [-0.3, -0.25) is 14.7 Å². The average molecular weight is 352 g/mol. The molecule has 8 nitrogen and oxygen atoms in total. The van der Waals surface area contributed by atoms with Gasteiger partial charge in [0.1, 0.15) is 11.7 Å². The van der Waals surface area contributed by atoms with Crippen LogP contribution >= 0.6 is 23.1 Å². The molecule has 0 amide bonds. The number of nitro groups is 1. The maximum atomic E-state index is 10.8. The van der Waals surface area contributed by atoms with Gasteiger partial charge in [0.05, 0.1) is 4.92 Å². The Hall–Kier alpha value is -1.27. The van der Waals surface area contributed by atoms with Crippen molar-refractivity contribution in [3.8, 4) is 0 Å². The van der Waals surface area contributed by atoms with E-state index in [1.807, 2.05) is 20.2 Å². The minimum Gasteiger partial charge on any atom is -0.726 e. The van der Waals surface area contributed by atoms with Gasteiger partial charge in [0.25, 0.3) is 10.0 Å². The van der Waals surface area contributed by atoms with Crippen LogP contribution in [0.5, 0.6) is 0 Å². The van der Waals surface area contributed by atoms with Crippen LogP contribution in [0.25, 0.3) is 10.2 Å². The predicted molar refractivity (Wildman–Crippen MR) is 78.5 cm³/mol. The zero-order valence-corrected chi connectivity index (χ0v) is 13.7. The number of fused-ring (bicyclic) bond motifs is 1. The van der Waals surface area contributed by atoms with Gasteiger partial charge in [-0.05, 0) is 24.9 Å². The maximum Gasteiger partial charge on any atom is 0.297 e. The van der Waals surface area contributed by atoms with Gasteiger partial charge in [-0.25, -0.2) is 8.42 Å². The summed E-state index contributed by atoms with van der Waals surface area (Å²) in [6.07, 6.45) is 2.01. The lowest BCUT2D eigenvalue weighted by Crippen LogP contribution is -2.28. The molecule has 1 N–H and O–H groups in total. The molecule has 0 radical (unpaired) electrons. The first-order valence-corrected chi connectivity index (χ1v) is 8.75. The van der Waals surface area contributed by atoms with E-state index < -0.39 is 10.4 Å². The van der Waals surface area contributed by atoms with Gasteiger partial charge < -0.3 is 4.55 Å². The van der Waals surface area contributed by atoms with Gasteiger partial charge in [-0.1, -0.05) is 11.3 Å². The average Bonchev–Trinajstić information content (AvgIpc) is 2.64. The smallest absolute Gasteiger partial charge is 0.297 e. The maximum absolute atomic E-state index is 10.8. The predicted octanol–water partition coefficient (Wildman–Crippen LogP) is 1.67. The van der Waals surface area contributed by atoms with E-state index in [0.717, 1.165) is 20.1 Å². The molecule has 0 saturated carbocycles. The minimum atomic E-state index is -4.92. The van der Waals surface area contributed by atoms with Gasteiger partial charge >= 0.3 is 0 Å². The van der Waals surface area contributed by atoms with Gasteiger partial charge in [0.2, 0.25) is 15.9 Å². The standard InChI is InChI=1S/C10H11N2O2S2.H2O4S/c1-6-4-7(12(13)14)5-8-9(6)11(2)10(15-3)16-8;1-5(2,3)4/h4-5H,1-3H3;(H2,1,2,3,4)/q+1;/p-1. The molecule has 0 aliphatic heterocycles. The van der Waals surface area contributed by atoms with E-state index in [1.165, 1.54) is 0 Å². The summed E-state index contributed by atoms with van der Waals surface area (Å²) in [5.41, 5.74) is 2.20. The molecule has 1 aromatic heterocycles. The summed E-state index contributed by atoms with van der Waals surface area (Å²) in [4.78, 5) is 10.4. The highest BCUT2D eigenvalue weighted by atomic mass is 32.3. The Morgan fingerprint density at radius 1 is 1.43 bits per heavy atom. The molecule has 116 valence electrons. The van der Waals surface area contributed by atoms with Gasteiger partial charge in [0.15, 0.2) is 0 Å². The molecule has 11 heteroatoms. The van der Waals surface area contributed by atoms with Crippen LogP contribution < -0.4 is 4.57 Å². The molecule has 2 rings (SSSR count). The first kappa shape index (κ1) is 17.8. The Balaban J connectivity index is 0.000000383. The lowest BCUT2D eigenvalue weighted by molar-refractivity contribution is -0.677. The fourth-order valence-electron chi connectivity index (χ4n) is 1.77. The van der Waals surface area contributed by atoms with Crippen LogP contribution in [0.2, 0.25) is 0 Å². The Morgan fingerprint density at radius 3 is 2.38 bits per heavy atom. The quantitative estimate of drug-likeness (QED) is 0.218. The molecule has 0 fully saturated rings. The van der Waals surface area contributed by atoms with Gasteiger partial charge in [0, 0.05) is 17.7 Å². The van der Waals surface area contributed by atoms with Crippen molar-refractivity contribution >= 4 is 49.4 Å². The largest absolute Gasteiger partial charge is 0.726 e. The van der Waals surface area contributed by atoms with Crippen molar-refractivity contribution in [1.82, 2.24) is 0 Å². The van der Waals surface area contributed by atoms with E-state index in [9.17, 15) is 10.1 Å². The minimum absolute atomic E-state index is 0.166. The number of aromatic nitrogens is 1. The van der Waals surface area contributed by atoms with Crippen LogP contribution in [0.4, 0.5) is 5.69 Å². The third-order valence-corrected chi connectivity index (χ3v) is 4.79. The van der Waals surface area contributed by atoms with Crippen LogP contribution in [0.1, 0.15) is 5.56 Å². The van der Waals surface area contributed by atoms with Crippen LogP contribution in [-0.2, 0) is 17.4 Å². The molecule has 1 aromatic carbocycles. The topological polar surface area (TPSA) is 124 Å². The molecule has 2 aromatic rings. The molecule has 0 aliphatic carbocycles. The Kier molecular flexibility index (Phi) is 5.64. The fourth-order valence-corrected chi connectivity index (χ4v) is 3.73. The van der Waals surface area contributed by atoms with Gasteiger partial charge in [-0.15, -0.1) is 0 Å². The van der Waals surface area contributed by atoms with Crippen molar-refractivity contribution in [3.63, 3.8) is 0 Å². The Morgan fingerprint density at radius 2 is 1.95 bits per heavy atom. The summed E-state index contributed by atoms with van der Waals surface area (Å²) < 4.78 is 37.0. The number of thiazole rings is 1. The van der Waals surface area contributed by atoms with Gasteiger partial charge in [-0.2, -0.15) is 4.57 Å². The number of rotatable bonds is 2. The number of aryl methyl sites for hydroxylation is 2. The molecule has 21 heavy (non-hydrogen) atoms. The van der Waals surface area contributed by atoms with Crippen molar-refractivity contribution < 1.29 is 27.0 Å². The second-order valence-electron chi connectivity index (χ2n) is 3.93. The molecule has 0 bridgehead atoms. The first-order valence-electron chi connectivity index (χ1n) is 5.34. The highest BCUT2D eigenvalue weighted by Gasteiger charge is 2.21. The lowest BCUT2D eigenvalue weighted by atomic mass is 10.2. The molecule has 1 heterocycles. The Labute approximate surface area is 129 Å². The van der Waals surface area contributed by atoms with E-state index in [2.05, 4.69) is 4.57 Å². The number of benzene rings is 1. The monoisotopic (exact) mass is 352 g/mol. The van der Waals surface area contributed by atoms with E-state index in [-0.39, 0.29) is 10.6 Å². The molecule has 0 atom stereocenters. The molecular weight excluding hydrogens is 340 g/mol. The normalized spacial score (nSPS) is 11.1. The van der Waals surface area contributed by atoms with Crippen molar-refractivity contribution in [2.45, 2.75) is 11.3 Å². The van der Waals surface area contributed by atoms with Crippen LogP contribution in [0.3, 0.4) is 0 Å². The molecule has 0 saturated heterocycles. The zero-order valence-electron chi connectivity index (χ0n) is 11.3. The number of thioether (sulfide) groups is 1. The summed E-state index contributed by atoms with van der Waals surface area (Å²) in [5.74, 6) is 0. The van der Waals surface area contributed by atoms with E-state index in [0.29, 0.717) is 0 Å². The number of hydrogen-bond donors (Lipinski definition) is 1. The number of non-ortho nitro benzene ring substituents is 1. The van der Waals surface area contributed by atoms with Crippen molar-refractivity contribution in [2.24, 2.45) is 7.05 Å². The zero-order chi connectivity index (χ0) is 16.4. The van der Waals surface area contributed by atoms with Crippen molar-refractivity contribution in [1.29, 1.82) is 0 Å². The van der Waals surface area contributed by atoms with E-state index >= 15 is 0 Å². The first-order chi connectivity index (χ1) is 9.54. The third-order valence-electron chi connectivity index (χ3n) is 2.44. The molecule has 0 aliphatic rings. The van der Waals surface area contributed by atoms with E-state index in [4.69, 9.17) is 17.5 Å². The molecular formula is C10H12N2O6S3. The second-order valence-corrected chi connectivity index (χ2v) is 6.86. The van der Waals surface area contributed by atoms with Crippen LogP contribution in [-0.4, -0.2) is 28.7 Å². The SMILES string of the molecule is CSc1sc2cc([N+](=O)[O-])cc(C)c2[n+]1C.O=S(=O)([O-])O. The highest BCUT2D eigenvalue weighted by Crippen LogP contribution is 2.31. The summed E-state index contributed by atoms with van der Waals surface area (Å²) in [5, 5.41) is 10.8. The van der Waals surface area contributed by atoms with E-state index in [1.54, 1.807) is 35.2 Å². The molecule has 0 unspecified atom stereocenters. The van der Waals surface area contributed by atoms with Crippen LogP contribution in [0, 0.1) is 17.0 Å². The number of nitro benzene ring substituents is 1. The number of hydrogen-bond acceptors (Lipinski definition) is 7. The summed E-state index contributed by atoms with van der Waals surface area (Å²) in [6.45, 7) is 1.91. The number of nitrogens with zero attached hydrogens (tertiary/aromatic N) is 2. The summed E-state index contributed by atoms with van der Waals surface area (Å²) in [7, 11) is -2.93. The molecule has 0 spiro atoms. The van der Waals surface area contributed by atoms with Crippen molar-refractivity contribution in [3.05, 3.63) is 27.8 Å². The lowest BCUT2D eigenvalue weighted by Gasteiger charge is -1.94. The fraction of sp³-hybridized carbons (Fsp3) is 0.300. The highest BCUT2D eigenvalue weighted by molar-refractivity contribution is 8.00. The summed E-state index contributed by atoms with van der Waals surface area (Å²) >= 11 is 3.25. The third kappa shape index (κ3) is 4.89. The van der Waals surface area contributed by atoms with Crippen molar-refractivity contribution in [2.75, 3.05) is 6.26 Å². The van der Waals surface area contributed by atoms with Crippen LogP contribution in [0.15, 0.2) is 16.5 Å². The second kappa shape index (κ2) is 6.66.